The fraction of sp³-hybridized carbons (Fsp3) is 0.417. The van der Waals surface area contributed by atoms with Gasteiger partial charge in [-0.25, -0.2) is 0 Å². The third kappa shape index (κ3) is 4.61. The highest BCUT2D eigenvalue weighted by atomic mass is 16.5. The summed E-state index contributed by atoms with van der Waals surface area (Å²) in [7, 11) is 0. The van der Waals surface area contributed by atoms with Gasteiger partial charge in [0.15, 0.2) is 0 Å². The first-order valence-electron chi connectivity index (χ1n) is 5.25. The molecule has 82 valence electrons. The van der Waals surface area contributed by atoms with Gasteiger partial charge in [-0.3, -0.25) is 4.79 Å². The van der Waals surface area contributed by atoms with Crippen LogP contribution in [0.3, 0.4) is 0 Å². The van der Waals surface area contributed by atoms with Crippen LogP contribution >= 0.6 is 0 Å². The van der Waals surface area contributed by atoms with Crippen molar-refractivity contribution in [3.63, 3.8) is 0 Å². The van der Waals surface area contributed by atoms with Crippen LogP contribution in [0.4, 0.5) is 0 Å². The van der Waals surface area contributed by atoms with Gasteiger partial charge in [-0.2, -0.15) is 0 Å². The summed E-state index contributed by atoms with van der Waals surface area (Å²) in [5.74, 6) is -0.159. The molecule has 0 spiro atoms. The summed E-state index contributed by atoms with van der Waals surface area (Å²) in [6, 6.07) is 10.1. The van der Waals surface area contributed by atoms with Crippen LogP contribution in [-0.4, -0.2) is 18.6 Å². The second-order valence-electron chi connectivity index (χ2n) is 3.56. The van der Waals surface area contributed by atoms with E-state index < -0.39 is 0 Å². The Morgan fingerprint density at radius 3 is 2.67 bits per heavy atom. The molecule has 0 heterocycles. The Labute approximate surface area is 90.2 Å². The van der Waals surface area contributed by atoms with Crippen LogP contribution in [0.2, 0.25) is 0 Å². The van der Waals surface area contributed by atoms with Crippen molar-refractivity contribution < 1.29 is 15.3 Å². The molecule has 1 unspecified atom stereocenters. The van der Waals surface area contributed by atoms with Gasteiger partial charge in [-0.05, 0) is 12.5 Å². The zero-order valence-corrected chi connectivity index (χ0v) is 9.11. The molecule has 0 bridgehead atoms. The molecule has 0 radical (unpaired) electrons. The van der Waals surface area contributed by atoms with Crippen LogP contribution in [0.15, 0.2) is 30.3 Å². The number of ether oxygens (including phenoxy) is 1. The molecule has 0 fully saturated rings. The van der Waals surface area contributed by atoms with E-state index in [2.05, 4.69) is 5.73 Å². The Hall–Kier alpha value is -1.35. The SMILES string of the molecule is CCOC(=O)CC([NH3+])Cc1ccccc1. The van der Waals surface area contributed by atoms with Crippen molar-refractivity contribution in [3.8, 4) is 0 Å². The Bertz CT molecular complexity index is 298. The van der Waals surface area contributed by atoms with Crippen LogP contribution < -0.4 is 5.73 Å². The van der Waals surface area contributed by atoms with E-state index in [1.807, 2.05) is 37.3 Å². The first-order valence-corrected chi connectivity index (χ1v) is 5.25. The summed E-state index contributed by atoms with van der Waals surface area (Å²) in [5.41, 5.74) is 5.16. The number of esters is 1. The number of quaternary nitrogens is 1. The lowest BCUT2D eigenvalue weighted by atomic mass is 10.0. The quantitative estimate of drug-likeness (QED) is 0.727. The Morgan fingerprint density at radius 2 is 2.07 bits per heavy atom. The van der Waals surface area contributed by atoms with E-state index in [-0.39, 0.29) is 12.0 Å². The van der Waals surface area contributed by atoms with E-state index in [0.717, 1.165) is 6.42 Å². The van der Waals surface area contributed by atoms with Gasteiger partial charge in [0.05, 0.1) is 19.1 Å². The van der Waals surface area contributed by atoms with Gasteiger partial charge in [0, 0.05) is 6.42 Å². The minimum absolute atomic E-state index is 0.0893. The summed E-state index contributed by atoms with van der Waals surface area (Å²) >= 11 is 0. The second-order valence-corrected chi connectivity index (χ2v) is 3.56. The molecule has 0 aliphatic rings. The molecule has 3 N–H and O–H groups in total. The lowest BCUT2D eigenvalue weighted by molar-refractivity contribution is -0.418. The van der Waals surface area contributed by atoms with Gasteiger partial charge in [-0.15, -0.1) is 0 Å². The minimum Gasteiger partial charge on any atom is -0.466 e. The van der Waals surface area contributed by atoms with E-state index in [4.69, 9.17) is 4.74 Å². The number of benzene rings is 1. The van der Waals surface area contributed by atoms with Crippen molar-refractivity contribution in [1.82, 2.24) is 0 Å². The molecule has 0 saturated carbocycles. The number of carbonyl (C=O) groups is 1. The van der Waals surface area contributed by atoms with Crippen molar-refractivity contribution in [1.29, 1.82) is 0 Å². The standard InChI is InChI=1S/C12H17NO2/c1-2-15-12(14)9-11(13)8-10-6-4-3-5-7-10/h3-7,11H,2,8-9,13H2,1H3/p+1. The molecule has 0 aromatic heterocycles. The van der Waals surface area contributed by atoms with Crippen LogP contribution in [0, 0.1) is 0 Å². The molecular weight excluding hydrogens is 190 g/mol. The normalized spacial score (nSPS) is 12.1. The highest BCUT2D eigenvalue weighted by Gasteiger charge is 2.13. The van der Waals surface area contributed by atoms with Gasteiger partial charge >= 0.3 is 5.97 Å². The molecule has 3 nitrogen and oxygen atoms in total. The van der Waals surface area contributed by atoms with E-state index >= 15 is 0 Å². The van der Waals surface area contributed by atoms with Crippen molar-refractivity contribution in [2.45, 2.75) is 25.8 Å². The number of hydrogen-bond acceptors (Lipinski definition) is 2. The van der Waals surface area contributed by atoms with Gasteiger partial charge in [0.2, 0.25) is 0 Å². The zero-order chi connectivity index (χ0) is 11.1. The van der Waals surface area contributed by atoms with Crippen molar-refractivity contribution in [2.24, 2.45) is 0 Å². The monoisotopic (exact) mass is 208 g/mol. The Balaban J connectivity index is 2.36. The maximum atomic E-state index is 11.2. The first kappa shape index (κ1) is 11.7. The summed E-state index contributed by atoms with van der Waals surface area (Å²) in [6.45, 7) is 2.25. The topological polar surface area (TPSA) is 53.9 Å². The van der Waals surface area contributed by atoms with E-state index in [0.29, 0.717) is 13.0 Å². The van der Waals surface area contributed by atoms with Crippen molar-refractivity contribution in [2.75, 3.05) is 6.61 Å². The maximum Gasteiger partial charge on any atom is 0.311 e. The highest BCUT2D eigenvalue weighted by Crippen LogP contribution is 2.03. The largest absolute Gasteiger partial charge is 0.466 e. The van der Waals surface area contributed by atoms with E-state index in [9.17, 15) is 4.79 Å². The molecule has 0 aliphatic heterocycles. The molecule has 1 rings (SSSR count). The number of carbonyl (C=O) groups excluding carboxylic acids is 1. The molecule has 1 aromatic rings. The minimum atomic E-state index is -0.159. The predicted octanol–water partition coefficient (Wildman–Crippen LogP) is 0.793. The van der Waals surface area contributed by atoms with Crippen molar-refractivity contribution in [3.05, 3.63) is 35.9 Å². The average Bonchev–Trinajstić information content (AvgIpc) is 2.19. The Kier molecular flexibility index (Phi) is 4.84. The fourth-order valence-corrected chi connectivity index (χ4v) is 1.48. The molecule has 0 saturated heterocycles. The van der Waals surface area contributed by atoms with Crippen LogP contribution in [0.5, 0.6) is 0 Å². The smallest absolute Gasteiger partial charge is 0.311 e. The summed E-state index contributed by atoms with van der Waals surface area (Å²) in [4.78, 5) is 11.2. The van der Waals surface area contributed by atoms with Crippen molar-refractivity contribution >= 4 is 5.97 Å². The Morgan fingerprint density at radius 1 is 1.40 bits per heavy atom. The van der Waals surface area contributed by atoms with Crippen LogP contribution in [0.25, 0.3) is 0 Å². The molecule has 0 aliphatic carbocycles. The van der Waals surface area contributed by atoms with Gasteiger partial charge in [-0.1, -0.05) is 30.3 Å². The summed E-state index contributed by atoms with van der Waals surface area (Å²) in [5, 5.41) is 0. The number of hydrogen-bond donors (Lipinski definition) is 1. The van der Waals surface area contributed by atoms with Gasteiger partial charge in [0.1, 0.15) is 0 Å². The van der Waals surface area contributed by atoms with Gasteiger partial charge < -0.3 is 10.5 Å². The molecule has 3 heteroatoms. The average molecular weight is 208 g/mol. The second kappa shape index (κ2) is 6.19. The maximum absolute atomic E-state index is 11.2. The lowest BCUT2D eigenvalue weighted by Crippen LogP contribution is -2.62. The van der Waals surface area contributed by atoms with E-state index in [1.165, 1.54) is 5.56 Å². The fourth-order valence-electron chi connectivity index (χ4n) is 1.48. The zero-order valence-electron chi connectivity index (χ0n) is 9.11. The molecule has 0 amide bonds. The number of rotatable bonds is 5. The van der Waals surface area contributed by atoms with Crippen LogP contribution in [0.1, 0.15) is 18.9 Å². The molecule has 1 aromatic carbocycles. The third-order valence-electron chi connectivity index (χ3n) is 2.13. The lowest BCUT2D eigenvalue weighted by Gasteiger charge is -2.07. The summed E-state index contributed by atoms with van der Waals surface area (Å²) < 4.78 is 4.87. The highest BCUT2D eigenvalue weighted by molar-refractivity contribution is 5.69. The molecular formula is C12H18NO2+. The van der Waals surface area contributed by atoms with Gasteiger partial charge in [0.25, 0.3) is 0 Å². The summed E-state index contributed by atoms with van der Waals surface area (Å²) in [6.07, 6.45) is 1.21. The first-order chi connectivity index (χ1) is 7.22. The molecule has 1 atom stereocenters. The van der Waals surface area contributed by atoms with E-state index in [1.54, 1.807) is 0 Å². The van der Waals surface area contributed by atoms with Crippen LogP contribution in [-0.2, 0) is 16.0 Å². The molecule has 15 heavy (non-hydrogen) atoms. The predicted molar refractivity (Wildman–Crippen MR) is 58.1 cm³/mol. The third-order valence-corrected chi connectivity index (χ3v) is 2.13.